The zero-order valence-electron chi connectivity index (χ0n) is 14.3. The van der Waals surface area contributed by atoms with E-state index in [4.69, 9.17) is 22.7 Å². The lowest BCUT2D eigenvalue weighted by molar-refractivity contribution is -0.138. The van der Waals surface area contributed by atoms with Gasteiger partial charge in [0.05, 0.1) is 13.2 Å². The van der Waals surface area contributed by atoms with Gasteiger partial charge in [0.2, 0.25) is 11.8 Å². The summed E-state index contributed by atoms with van der Waals surface area (Å²) in [5, 5.41) is 2.87. The average molecular weight is 361 g/mol. The van der Waals surface area contributed by atoms with E-state index in [1.165, 1.54) is 0 Å². The Morgan fingerprint density at radius 1 is 1.32 bits per heavy atom. The number of aryl methyl sites for hydroxylation is 1. The number of amides is 2. The number of thiocarbonyl (C=S) groups is 1. The van der Waals surface area contributed by atoms with Gasteiger partial charge >= 0.3 is 0 Å². The number of carbonyl (C=O) groups is 2. The Morgan fingerprint density at radius 2 is 2.04 bits per heavy atom. The fraction of sp³-hybridized carbons (Fsp3) is 0.500. The van der Waals surface area contributed by atoms with E-state index >= 15 is 0 Å². The third-order valence-corrected chi connectivity index (χ3v) is 5.43. The Kier molecular flexibility index (Phi) is 5.06. The minimum absolute atomic E-state index is 0.299. The van der Waals surface area contributed by atoms with Crippen molar-refractivity contribution in [1.29, 1.82) is 0 Å². The lowest BCUT2D eigenvalue weighted by atomic mass is 9.84. The number of anilines is 2. The highest BCUT2D eigenvalue weighted by Gasteiger charge is 2.46. The number of hydrogen-bond acceptors (Lipinski definition) is 4. The van der Waals surface area contributed by atoms with E-state index in [-0.39, 0.29) is 5.91 Å². The standard InChI is InChI=1S/C18H23N3O3S/c1-12-10-13(4-5-14(12)21-8-9-24-11-15(21)25)20-17(23)18(16(19)22)6-2-3-7-18/h4-5,10H,2-3,6-9,11H2,1H3,(H2,19,22)(H,20,23). The number of nitrogens with zero attached hydrogens (tertiary/aromatic N) is 1. The molecular weight excluding hydrogens is 338 g/mol. The molecule has 2 amide bonds. The third kappa shape index (κ3) is 3.39. The molecule has 134 valence electrons. The van der Waals surface area contributed by atoms with Crippen LogP contribution in [0.2, 0.25) is 0 Å². The predicted octanol–water partition coefficient (Wildman–Crippen LogP) is 2.14. The van der Waals surface area contributed by atoms with Crippen LogP contribution in [0.3, 0.4) is 0 Å². The Bertz CT molecular complexity index is 714. The Labute approximate surface area is 152 Å². The normalized spacial score (nSPS) is 19.7. The molecule has 0 spiro atoms. The number of carbonyl (C=O) groups excluding carboxylic acids is 2. The first-order valence-electron chi connectivity index (χ1n) is 8.54. The summed E-state index contributed by atoms with van der Waals surface area (Å²) in [6, 6.07) is 5.67. The molecule has 0 bridgehead atoms. The second kappa shape index (κ2) is 7.09. The van der Waals surface area contributed by atoms with Crippen LogP contribution in [0.5, 0.6) is 0 Å². The van der Waals surface area contributed by atoms with Crippen LogP contribution in [0, 0.1) is 12.3 Å². The van der Waals surface area contributed by atoms with Crippen LogP contribution in [-0.2, 0) is 14.3 Å². The fourth-order valence-electron chi connectivity index (χ4n) is 3.62. The first-order chi connectivity index (χ1) is 11.9. The molecule has 7 heteroatoms. The molecule has 1 aliphatic heterocycles. The largest absolute Gasteiger partial charge is 0.372 e. The second-order valence-electron chi connectivity index (χ2n) is 6.71. The van der Waals surface area contributed by atoms with Crippen LogP contribution in [0.4, 0.5) is 11.4 Å². The van der Waals surface area contributed by atoms with E-state index in [0.717, 1.165) is 35.6 Å². The van der Waals surface area contributed by atoms with Crippen LogP contribution in [-0.4, -0.2) is 36.6 Å². The van der Waals surface area contributed by atoms with Crippen molar-refractivity contribution < 1.29 is 14.3 Å². The van der Waals surface area contributed by atoms with Crippen LogP contribution < -0.4 is 16.0 Å². The lowest BCUT2D eigenvalue weighted by Crippen LogP contribution is -2.45. The smallest absolute Gasteiger partial charge is 0.240 e. The van der Waals surface area contributed by atoms with E-state index in [2.05, 4.69) is 10.2 Å². The van der Waals surface area contributed by atoms with Crippen molar-refractivity contribution in [3.63, 3.8) is 0 Å². The molecular formula is C18H23N3O3S. The molecule has 3 N–H and O–H groups in total. The zero-order chi connectivity index (χ0) is 18.0. The summed E-state index contributed by atoms with van der Waals surface area (Å²) >= 11 is 5.37. The van der Waals surface area contributed by atoms with Crippen LogP contribution in [0.15, 0.2) is 18.2 Å². The molecule has 0 unspecified atom stereocenters. The molecule has 2 fully saturated rings. The maximum atomic E-state index is 12.7. The van der Waals surface area contributed by atoms with E-state index in [9.17, 15) is 9.59 Å². The van der Waals surface area contributed by atoms with Crippen molar-refractivity contribution in [2.24, 2.45) is 11.1 Å². The minimum atomic E-state index is -1.07. The maximum Gasteiger partial charge on any atom is 0.240 e. The molecule has 0 aromatic heterocycles. The predicted molar refractivity (Wildman–Crippen MR) is 101 cm³/mol. The van der Waals surface area contributed by atoms with Gasteiger partial charge in [-0.15, -0.1) is 0 Å². The topological polar surface area (TPSA) is 84.7 Å². The summed E-state index contributed by atoms with van der Waals surface area (Å²) in [5.74, 6) is -0.832. The molecule has 1 aliphatic carbocycles. The van der Waals surface area contributed by atoms with Gasteiger partial charge in [-0.05, 0) is 43.5 Å². The van der Waals surface area contributed by atoms with Crippen molar-refractivity contribution in [2.75, 3.05) is 30.0 Å². The molecule has 6 nitrogen and oxygen atoms in total. The second-order valence-corrected chi connectivity index (χ2v) is 7.18. The monoisotopic (exact) mass is 361 g/mol. The number of ether oxygens (including phenoxy) is 1. The van der Waals surface area contributed by atoms with E-state index in [1.54, 1.807) is 0 Å². The van der Waals surface area contributed by atoms with Crippen molar-refractivity contribution in [3.8, 4) is 0 Å². The van der Waals surface area contributed by atoms with Gasteiger partial charge in [-0.25, -0.2) is 0 Å². The summed E-state index contributed by atoms with van der Waals surface area (Å²) in [7, 11) is 0. The van der Waals surface area contributed by atoms with Crippen LogP contribution >= 0.6 is 12.2 Å². The molecule has 1 saturated heterocycles. The van der Waals surface area contributed by atoms with Gasteiger partial charge in [-0.3, -0.25) is 9.59 Å². The Hall–Kier alpha value is -1.99. The lowest BCUT2D eigenvalue weighted by Gasteiger charge is -2.31. The number of rotatable bonds is 4. The van der Waals surface area contributed by atoms with E-state index < -0.39 is 11.3 Å². The molecule has 0 radical (unpaired) electrons. The van der Waals surface area contributed by atoms with Gasteiger partial charge < -0.3 is 20.7 Å². The molecule has 0 atom stereocenters. The highest BCUT2D eigenvalue weighted by molar-refractivity contribution is 7.80. The number of nitrogens with two attached hydrogens (primary N) is 1. The first kappa shape index (κ1) is 17.8. The van der Waals surface area contributed by atoms with Crippen molar-refractivity contribution in [2.45, 2.75) is 32.6 Å². The fourth-order valence-corrected chi connectivity index (χ4v) is 3.90. The summed E-state index contributed by atoms with van der Waals surface area (Å²) in [6.45, 7) is 3.78. The number of primary amides is 1. The van der Waals surface area contributed by atoms with Gasteiger partial charge in [-0.2, -0.15) is 0 Å². The number of benzene rings is 1. The van der Waals surface area contributed by atoms with Crippen LogP contribution in [0.1, 0.15) is 31.2 Å². The van der Waals surface area contributed by atoms with Gasteiger partial charge in [-0.1, -0.05) is 25.1 Å². The van der Waals surface area contributed by atoms with Crippen molar-refractivity contribution in [1.82, 2.24) is 0 Å². The number of morpholine rings is 1. The van der Waals surface area contributed by atoms with Gasteiger partial charge in [0.1, 0.15) is 10.4 Å². The maximum absolute atomic E-state index is 12.7. The highest BCUT2D eigenvalue weighted by atomic mass is 32.1. The van der Waals surface area contributed by atoms with Crippen molar-refractivity contribution in [3.05, 3.63) is 23.8 Å². The van der Waals surface area contributed by atoms with Crippen molar-refractivity contribution >= 4 is 40.4 Å². The van der Waals surface area contributed by atoms with E-state index in [0.29, 0.717) is 31.7 Å². The summed E-state index contributed by atoms with van der Waals surface area (Å²) in [6.07, 6.45) is 2.74. The molecule has 3 rings (SSSR count). The summed E-state index contributed by atoms with van der Waals surface area (Å²) < 4.78 is 5.36. The third-order valence-electron chi connectivity index (χ3n) is 5.09. The Morgan fingerprint density at radius 3 is 2.64 bits per heavy atom. The van der Waals surface area contributed by atoms with E-state index in [1.807, 2.05) is 25.1 Å². The Balaban J connectivity index is 1.78. The van der Waals surface area contributed by atoms with Gasteiger partial charge in [0.15, 0.2) is 0 Å². The zero-order valence-corrected chi connectivity index (χ0v) is 15.2. The van der Waals surface area contributed by atoms with Crippen LogP contribution in [0.25, 0.3) is 0 Å². The molecule has 1 saturated carbocycles. The molecule has 1 heterocycles. The summed E-state index contributed by atoms with van der Waals surface area (Å²) in [4.78, 5) is 27.3. The first-order valence-corrected chi connectivity index (χ1v) is 8.95. The number of hydrogen-bond donors (Lipinski definition) is 2. The molecule has 2 aliphatic rings. The van der Waals surface area contributed by atoms with Gasteiger partial charge in [0, 0.05) is 17.9 Å². The molecule has 25 heavy (non-hydrogen) atoms. The molecule has 1 aromatic carbocycles. The minimum Gasteiger partial charge on any atom is -0.372 e. The SMILES string of the molecule is Cc1cc(NC(=O)C2(C(N)=O)CCCC2)ccc1N1CCOCC1=S. The highest BCUT2D eigenvalue weighted by Crippen LogP contribution is 2.39. The number of nitrogens with one attached hydrogen (secondary N) is 1. The quantitative estimate of drug-likeness (QED) is 0.634. The van der Waals surface area contributed by atoms with Gasteiger partial charge in [0.25, 0.3) is 0 Å². The summed E-state index contributed by atoms with van der Waals surface area (Å²) in [5.41, 5.74) is 7.13. The molecule has 1 aromatic rings. The average Bonchev–Trinajstić information content (AvgIpc) is 3.07.